The average molecular weight is 437 g/mol. The quantitative estimate of drug-likeness (QED) is 0.517. The number of fused-ring (bicyclic) bond motifs is 1. The second kappa shape index (κ2) is 7.70. The van der Waals surface area contributed by atoms with E-state index in [1.165, 1.54) is 0 Å². The van der Waals surface area contributed by atoms with Gasteiger partial charge in [-0.3, -0.25) is 14.2 Å². The smallest absolute Gasteiger partial charge is 0.258 e. The van der Waals surface area contributed by atoms with Gasteiger partial charge in [-0.05, 0) is 60.2 Å². The third-order valence-electron chi connectivity index (χ3n) is 5.40. The van der Waals surface area contributed by atoms with Gasteiger partial charge in [-0.15, -0.1) is 0 Å². The van der Waals surface area contributed by atoms with E-state index in [1.807, 2.05) is 50.5 Å². The number of hydrogen-bond donors (Lipinski definition) is 1. The molecule has 0 bridgehead atoms. The second-order valence-corrected chi connectivity index (χ2v) is 9.67. The van der Waals surface area contributed by atoms with E-state index < -0.39 is 10.0 Å². The van der Waals surface area contributed by atoms with E-state index >= 15 is 0 Å². The number of aryl methyl sites for hydroxylation is 3. The van der Waals surface area contributed by atoms with Crippen LogP contribution in [0.1, 0.15) is 12.5 Å². The fraction of sp³-hybridized carbons (Fsp3) is 0.217. The van der Waals surface area contributed by atoms with Gasteiger partial charge < -0.3 is 4.57 Å². The molecule has 4 rings (SSSR count). The van der Waals surface area contributed by atoms with Crippen molar-refractivity contribution in [2.45, 2.75) is 13.8 Å². The Morgan fingerprint density at radius 3 is 2.42 bits per heavy atom. The minimum absolute atomic E-state index is 0.00650. The first-order valence-corrected chi connectivity index (χ1v) is 11.6. The average Bonchev–Trinajstić information content (AvgIpc) is 3.18. The molecule has 8 heteroatoms. The molecule has 0 spiro atoms. The maximum atomic E-state index is 12.8. The summed E-state index contributed by atoms with van der Waals surface area (Å²) in [5.74, 6) is -0.00650. The van der Waals surface area contributed by atoms with Gasteiger partial charge in [0, 0.05) is 48.7 Å². The molecule has 2 aromatic carbocycles. The fourth-order valence-corrected chi connectivity index (χ4v) is 4.29. The van der Waals surface area contributed by atoms with E-state index in [1.54, 1.807) is 41.7 Å². The third kappa shape index (κ3) is 3.98. The van der Waals surface area contributed by atoms with Crippen molar-refractivity contribution in [2.75, 3.05) is 10.5 Å². The predicted octanol–water partition coefficient (Wildman–Crippen LogP) is 3.68. The highest BCUT2D eigenvalue weighted by atomic mass is 32.2. The van der Waals surface area contributed by atoms with E-state index in [4.69, 9.17) is 0 Å². The summed E-state index contributed by atoms with van der Waals surface area (Å²) in [7, 11) is 0.184. The summed E-state index contributed by atoms with van der Waals surface area (Å²) in [6.07, 6.45) is 5.51. The molecule has 0 fully saturated rings. The van der Waals surface area contributed by atoms with Crippen LogP contribution < -0.4 is 10.3 Å². The van der Waals surface area contributed by atoms with Crippen LogP contribution in [-0.2, 0) is 24.1 Å². The van der Waals surface area contributed by atoms with Crippen LogP contribution in [0.15, 0.2) is 59.8 Å². The molecule has 0 radical (unpaired) electrons. The predicted molar refractivity (Wildman–Crippen MR) is 125 cm³/mol. The van der Waals surface area contributed by atoms with E-state index in [-0.39, 0.29) is 11.3 Å². The van der Waals surface area contributed by atoms with Crippen LogP contribution in [0.4, 0.5) is 5.69 Å². The molecule has 4 aromatic rings. The first-order chi connectivity index (χ1) is 14.7. The number of pyridine rings is 1. The van der Waals surface area contributed by atoms with E-state index in [0.717, 1.165) is 33.2 Å². The zero-order valence-corrected chi connectivity index (χ0v) is 18.7. The number of anilines is 1. The van der Waals surface area contributed by atoms with Crippen molar-refractivity contribution in [3.8, 4) is 22.3 Å². The van der Waals surface area contributed by atoms with Gasteiger partial charge in [-0.2, -0.15) is 5.10 Å². The van der Waals surface area contributed by atoms with Crippen LogP contribution in [0.2, 0.25) is 0 Å². The molecule has 160 valence electrons. The van der Waals surface area contributed by atoms with Gasteiger partial charge in [0.25, 0.3) is 5.56 Å². The van der Waals surface area contributed by atoms with Crippen molar-refractivity contribution >= 4 is 26.5 Å². The summed E-state index contributed by atoms with van der Waals surface area (Å²) >= 11 is 0. The molecule has 7 nitrogen and oxygen atoms in total. The monoisotopic (exact) mass is 436 g/mol. The summed E-state index contributed by atoms with van der Waals surface area (Å²) in [5.41, 5.74) is 5.02. The number of hydrogen-bond acceptors (Lipinski definition) is 4. The molecular weight excluding hydrogens is 412 g/mol. The Balaban J connectivity index is 1.97. The van der Waals surface area contributed by atoms with Gasteiger partial charge >= 0.3 is 0 Å². The van der Waals surface area contributed by atoms with Crippen LogP contribution in [0.3, 0.4) is 0 Å². The van der Waals surface area contributed by atoms with Gasteiger partial charge in [-0.1, -0.05) is 12.1 Å². The highest BCUT2D eigenvalue weighted by Crippen LogP contribution is 2.34. The number of nitrogens with one attached hydrogen (secondary N) is 1. The molecule has 0 aliphatic heterocycles. The van der Waals surface area contributed by atoms with Crippen LogP contribution in [0.5, 0.6) is 0 Å². The lowest BCUT2D eigenvalue weighted by atomic mass is 9.94. The Kier molecular flexibility index (Phi) is 5.18. The van der Waals surface area contributed by atoms with E-state index in [9.17, 15) is 13.2 Å². The standard InChI is InChI=1S/C23H24N4O3S/c1-5-31(29,30)25-18-8-6-15(2)20(11-18)22-14-26(3)23(28)19-9-7-16(10-21(19)22)17-12-24-27(4)13-17/h6-14,25H,5H2,1-4H3. The van der Waals surface area contributed by atoms with Gasteiger partial charge in [0.1, 0.15) is 0 Å². The second-order valence-electron chi connectivity index (χ2n) is 7.66. The molecule has 2 aromatic heterocycles. The van der Waals surface area contributed by atoms with Crippen molar-refractivity contribution in [3.63, 3.8) is 0 Å². The van der Waals surface area contributed by atoms with Crippen LogP contribution in [0.25, 0.3) is 33.0 Å². The summed E-state index contributed by atoms with van der Waals surface area (Å²) in [6.45, 7) is 3.56. The van der Waals surface area contributed by atoms with Crippen LogP contribution in [0, 0.1) is 6.92 Å². The largest absolute Gasteiger partial charge is 0.317 e. The number of sulfonamides is 1. The summed E-state index contributed by atoms with van der Waals surface area (Å²) in [4.78, 5) is 12.8. The molecule has 0 aliphatic rings. The Labute approximate surface area is 181 Å². The number of benzene rings is 2. The third-order valence-corrected chi connectivity index (χ3v) is 6.71. The topological polar surface area (TPSA) is 86.0 Å². The molecule has 0 aliphatic carbocycles. The van der Waals surface area contributed by atoms with Crippen molar-refractivity contribution in [1.29, 1.82) is 0 Å². The maximum Gasteiger partial charge on any atom is 0.258 e. The Hall–Kier alpha value is -3.39. The lowest BCUT2D eigenvalue weighted by molar-refractivity contribution is 0.602. The van der Waals surface area contributed by atoms with Gasteiger partial charge in [0.15, 0.2) is 0 Å². The van der Waals surface area contributed by atoms with Crippen molar-refractivity contribution < 1.29 is 8.42 Å². The van der Waals surface area contributed by atoms with Gasteiger partial charge in [0.05, 0.1) is 11.9 Å². The van der Waals surface area contributed by atoms with Crippen molar-refractivity contribution in [3.05, 3.63) is 70.9 Å². The van der Waals surface area contributed by atoms with E-state index in [2.05, 4.69) is 9.82 Å². The minimum Gasteiger partial charge on any atom is -0.317 e. The van der Waals surface area contributed by atoms with Gasteiger partial charge in [0.2, 0.25) is 10.0 Å². The zero-order valence-electron chi connectivity index (χ0n) is 17.9. The molecule has 31 heavy (non-hydrogen) atoms. The minimum atomic E-state index is -3.40. The number of rotatable bonds is 5. The van der Waals surface area contributed by atoms with Crippen molar-refractivity contribution in [1.82, 2.24) is 14.3 Å². The molecule has 1 N–H and O–H groups in total. The molecule has 0 atom stereocenters. The maximum absolute atomic E-state index is 12.8. The number of aromatic nitrogens is 3. The molecule has 0 amide bonds. The van der Waals surface area contributed by atoms with E-state index in [0.29, 0.717) is 11.1 Å². The molecule has 0 saturated carbocycles. The molecule has 2 heterocycles. The molecule has 0 unspecified atom stereocenters. The zero-order chi connectivity index (χ0) is 22.3. The lowest BCUT2D eigenvalue weighted by Crippen LogP contribution is -2.17. The lowest BCUT2D eigenvalue weighted by Gasteiger charge is -2.15. The van der Waals surface area contributed by atoms with Crippen molar-refractivity contribution in [2.24, 2.45) is 14.1 Å². The SMILES string of the molecule is CCS(=O)(=O)Nc1ccc(C)c(-c2cn(C)c(=O)c3ccc(-c4cnn(C)c4)cc23)c1. The first-order valence-electron chi connectivity index (χ1n) is 9.92. The van der Waals surface area contributed by atoms with Gasteiger partial charge in [-0.25, -0.2) is 8.42 Å². The highest BCUT2D eigenvalue weighted by Gasteiger charge is 2.15. The summed E-state index contributed by atoms with van der Waals surface area (Å²) < 4.78 is 30.0. The summed E-state index contributed by atoms with van der Waals surface area (Å²) in [5, 5.41) is 5.65. The highest BCUT2D eigenvalue weighted by molar-refractivity contribution is 7.92. The molecule has 0 saturated heterocycles. The fourth-order valence-electron chi connectivity index (χ4n) is 3.66. The van der Waals surface area contributed by atoms with Crippen LogP contribution >= 0.6 is 0 Å². The Bertz CT molecular complexity index is 1470. The molecular formula is C23H24N4O3S. The Morgan fingerprint density at radius 1 is 0.968 bits per heavy atom. The van der Waals surface area contributed by atoms with Crippen LogP contribution in [-0.4, -0.2) is 28.5 Å². The first kappa shape index (κ1) is 20.9. The number of nitrogens with zero attached hydrogens (tertiary/aromatic N) is 3. The summed E-state index contributed by atoms with van der Waals surface area (Å²) in [6, 6.07) is 11.2. The normalized spacial score (nSPS) is 11.7. The Morgan fingerprint density at radius 2 is 1.74 bits per heavy atom.